The quantitative estimate of drug-likeness (QED) is 0.208. The van der Waals surface area contributed by atoms with Crippen LogP contribution in [0.4, 0.5) is 0 Å². The normalized spacial score (nSPS) is 16.3. The molecule has 5 N–H and O–H groups in total. The third-order valence-electron chi connectivity index (χ3n) is 6.42. The average Bonchev–Trinajstić information content (AvgIpc) is 3.25. The fourth-order valence-corrected chi connectivity index (χ4v) is 4.80. The van der Waals surface area contributed by atoms with E-state index < -0.39 is 12.0 Å². The Morgan fingerprint density at radius 3 is 1.82 bits per heavy atom. The summed E-state index contributed by atoms with van der Waals surface area (Å²) in [5.74, 6) is 0.480. The molecule has 0 aromatic heterocycles. The maximum absolute atomic E-state index is 10.3. The number of hydrogen-bond acceptors (Lipinski definition) is 8. The molecule has 0 spiro atoms. The van der Waals surface area contributed by atoms with Gasteiger partial charge in [0, 0.05) is 17.7 Å². The molecule has 0 saturated heterocycles. The summed E-state index contributed by atoms with van der Waals surface area (Å²) < 4.78 is 17.4. The molecular formula is C30H26O8. The Balaban J connectivity index is 1.65. The van der Waals surface area contributed by atoms with Crippen LogP contribution >= 0.6 is 0 Å². The summed E-state index contributed by atoms with van der Waals surface area (Å²) in [7, 11) is 2.99. The number of benzene rings is 4. The molecule has 8 heteroatoms. The van der Waals surface area contributed by atoms with Crippen LogP contribution in [0.3, 0.4) is 0 Å². The van der Waals surface area contributed by atoms with E-state index in [1.165, 1.54) is 44.6 Å². The minimum Gasteiger partial charge on any atom is -0.508 e. The van der Waals surface area contributed by atoms with Gasteiger partial charge in [-0.3, -0.25) is 0 Å². The number of phenolic OH excluding ortho intramolecular Hbond substituents is 5. The Kier molecular flexibility index (Phi) is 6.38. The molecule has 0 aliphatic carbocycles. The highest BCUT2D eigenvalue weighted by Gasteiger charge is 2.39. The third-order valence-corrected chi connectivity index (χ3v) is 6.42. The molecule has 1 aliphatic heterocycles. The van der Waals surface area contributed by atoms with Gasteiger partial charge in [-0.1, -0.05) is 18.2 Å². The molecule has 38 heavy (non-hydrogen) atoms. The van der Waals surface area contributed by atoms with Crippen LogP contribution < -0.4 is 14.2 Å². The molecular weight excluding hydrogens is 488 g/mol. The Morgan fingerprint density at radius 2 is 1.21 bits per heavy atom. The number of aromatic hydroxyl groups is 5. The van der Waals surface area contributed by atoms with Gasteiger partial charge in [0.2, 0.25) is 0 Å². The second kappa shape index (κ2) is 9.82. The van der Waals surface area contributed by atoms with Crippen molar-refractivity contribution in [3.63, 3.8) is 0 Å². The van der Waals surface area contributed by atoms with Crippen molar-refractivity contribution in [2.24, 2.45) is 0 Å². The molecule has 0 unspecified atom stereocenters. The predicted molar refractivity (Wildman–Crippen MR) is 141 cm³/mol. The largest absolute Gasteiger partial charge is 0.508 e. The summed E-state index contributed by atoms with van der Waals surface area (Å²) in [6.07, 6.45) is 2.95. The molecule has 0 amide bonds. The van der Waals surface area contributed by atoms with Crippen molar-refractivity contribution in [2.75, 3.05) is 14.2 Å². The number of fused-ring (bicyclic) bond motifs is 1. The maximum atomic E-state index is 10.3. The molecule has 4 aromatic carbocycles. The molecule has 1 heterocycles. The first kappa shape index (κ1) is 24.7. The second-order valence-corrected chi connectivity index (χ2v) is 8.99. The number of phenols is 5. The van der Waals surface area contributed by atoms with Crippen LogP contribution in [-0.2, 0) is 0 Å². The predicted octanol–water partition coefficient (Wildman–Crippen LogP) is 5.67. The highest BCUT2D eigenvalue weighted by molar-refractivity contribution is 5.74. The van der Waals surface area contributed by atoms with Crippen molar-refractivity contribution in [1.29, 1.82) is 0 Å². The fraction of sp³-hybridized carbons (Fsp3) is 0.133. The zero-order chi connectivity index (χ0) is 27.0. The number of rotatable bonds is 6. The molecule has 0 saturated carbocycles. The summed E-state index contributed by atoms with van der Waals surface area (Å²) >= 11 is 0. The second-order valence-electron chi connectivity index (χ2n) is 8.99. The summed E-state index contributed by atoms with van der Waals surface area (Å²) in [6, 6.07) is 17.3. The van der Waals surface area contributed by atoms with Crippen molar-refractivity contribution in [1.82, 2.24) is 0 Å². The zero-order valence-electron chi connectivity index (χ0n) is 20.6. The molecule has 0 bridgehead atoms. The van der Waals surface area contributed by atoms with Gasteiger partial charge in [0.1, 0.15) is 29.1 Å². The minimum absolute atomic E-state index is 0.0127. The van der Waals surface area contributed by atoms with E-state index in [1.54, 1.807) is 36.4 Å². The SMILES string of the molecule is COc1cc([C@@H]2Oc3c(OC)cc(/C=C\c4cc(O)cc(O)c4)cc3[C@H]2c2cc(O)cc(O)c2)ccc1O. The van der Waals surface area contributed by atoms with E-state index >= 15 is 0 Å². The molecule has 4 aromatic rings. The summed E-state index contributed by atoms with van der Waals surface area (Å²) in [5.41, 5.74) is 3.43. The number of methoxy groups -OCH3 is 2. The topological polar surface area (TPSA) is 129 Å². The first-order valence-corrected chi connectivity index (χ1v) is 11.7. The molecule has 2 atom stereocenters. The lowest BCUT2D eigenvalue weighted by molar-refractivity contribution is 0.213. The zero-order valence-corrected chi connectivity index (χ0v) is 20.6. The molecule has 5 rings (SSSR count). The van der Waals surface area contributed by atoms with E-state index in [-0.39, 0.29) is 34.5 Å². The van der Waals surface area contributed by atoms with Crippen LogP contribution in [0.25, 0.3) is 12.2 Å². The van der Waals surface area contributed by atoms with Gasteiger partial charge in [-0.2, -0.15) is 0 Å². The van der Waals surface area contributed by atoms with E-state index in [1.807, 2.05) is 12.1 Å². The Morgan fingerprint density at radius 1 is 0.632 bits per heavy atom. The Hall–Kier alpha value is -4.98. The van der Waals surface area contributed by atoms with E-state index in [4.69, 9.17) is 14.2 Å². The van der Waals surface area contributed by atoms with Crippen molar-refractivity contribution in [2.45, 2.75) is 12.0 Å². The van der Waals surface area contributed by atoms with Gasteiger partial charge in [-0.25, -0.2) is 0 Å². The molecule has 0 radical (unpaired) electrons. The van der Waals surface area contributed by atoms with Gasteiger partial charge in [0.15, 0.2) is 23.0 Å². The standard InChI is InChI=1S/C30H26O8/c1-36-26-13-18(5-6-25(26)35)29-28(19-11-22(33)15-23(34)12-19)24-9-17(10-27(37-2)30(24)38-29)4-3-16-7-20(31)14-21(32)8-16/h3-15,28-29,31-35H,1-2H3/b4-3-/t28-,29+/m1/s1. The molecule has 1 aliphatic rings. The smallest absolute Gasteiger partial charge is 0.166 e. The first-order valence-electron chi connectivity index (χ1n) is 11.7. The van der Waals surface area contributed by atoms with Crippen LogP contribution in [-0.4, -0.2) is 39.8 Å². The lowest BCUT2D eigenvalue weighted by Gasteiger charge is -2.21. The van der Waals surface area contributed by atoms with Gasteiger partial charge >= 0.3 is 0 Å². The van der Waals surface area contributed by atoms with Crippen molar-refractivity contribution >= 4 is 12.2 Å². The minimum atomic E-state index is -0.600. The van der Waals surface area contributed by atoms with Crippen LogP contribution in [0.15, 0.2) is 66.7 Å². The van der Waals surface area contributed by atoms with E-state index in [9.17, 15) is 25.5 Å². The molecule has 0 fully saturated rings. The number of ether oxygens (including phenoxy) is 3. The van der Waals surface area contributed by atoms with E-state index in [0.717, 1.165) is 11.1 Å². The summed E-state index contributed by atoms with van der Waals surface area (Å²) in [4.78, 5) is 0. The Bertz CT molecular complexity index is 1500. The summed E-state index contributed by atoms with van der Waals surface area (Å²) in [5, 5.41) is 50.2. The van der Waals surface area contributed by atoms with E-state index in [0.29, 0.717) is 28.2 Å². The monoisotopic (exact) mass is 514 g/mol. The van der Waals surface area contributed by atoms with Crippen molar-refractivity contribution in [3.8, 4) is 46.0 Å². The first-order chi connectivity index (χ1) is 18.2. The van der Waals surface area contributed by atoms with Gasteiger partial charge in [0.25, 0.3) is 0 Å². The third kappa shape index (κ3) is 4.71. The van der Waals surface area contributed by atoms with Gasteiger partial charge in [0.05, 0.1) is 20.1 Å². The van der Waals surface area contributed by atoms with Gasteiger partial charge < -0.3 is 39.7 Å². The van der Waals surface area contributed by atoms with Gasteiger partial charge in [-0.05, 0) is 70.8 Å². The van der Waals surface area contributed by atoms with Gasteiger partial charge in [-0.15, -0.1) is 0 Å². The average molecular weight is 515 g/mol. The molecule has 8 nitrogen and oxygen atoms in total. The highest BCUT2D eigenvalue weighted by atomic mass is 16.5. The maximum Gasteiger partial charge on any atom is 0.166 e. The highest BCUT2D eigenvalue weighted by Crippen LogP contribution is 2.54. The van der Waals surface area contributed by atoms with Crippen LogP contribution in [0.5, 0.6) is 46.0 Å². The van der Waals surface area contributed by atoms with Crippen LogP contribution in [0.2, 0.25) is 0 Å². The van der Waals surface area contributed by atoms with Crippen LogP contribution in [0.1, 0.15) is 39.8 Å². The van der Waals surface area contributed by atoms with E-state index in [2.05, 4.69) is 0 Å². The van der Waals surface area contributed by atoms with Crippen molar-refractivity contribution in [3.05, 3.63) is 94.5 Å². The molecule has 194 valence electrons. The Labute approximate surface area is 218 Å². The van der Waals surface area contributed by atoms with Crippen LogP contribution in [0, 0.1) is 0 Å². The lowest BCUT2D eigenvalue weighted by atomic mass is 9.84. The fourth-order valence-electron chi connectivity index (χ4n) is 4.80. The number of hydrogen-bond donors (Lipinski definition) is 5. The van der Waals surface area contributed by atoms with Crippen molar-refractivity contribution < 1.29 is 39.7 Å². The summed E-state index contributed by atoms with van der Waals surface area (Å²) in [6.45, 7) is 0. The lowest BCUT2D eigenvalue weighted by Crippen LogP contribution is -2.11.